The molecular formula is C17H19ClF2N2O. The van der Waals surface area contributed by atoms with E-state index in [0.717, 1.165) is 10.9 Å². The van der Waals surface area contributed by atoms with Crippen LogP contribution >= 0.6 is 12.4 Å². The molecule has 1 saturated heterocycles. The van der Waals surface area contributed by atoms with E-state index in [2.05, 4.69) is 16.7 Å². The number of fused-ring (bicyclic) bond motifs is 1. The monoisotopic (exact) mass is 340 g/mol. The lowest BCUT2D eigenvalue weighted by molar-refractivity contribution is -0.123. The van der Waals surface area contributed by atoms with Crippen molar-refractivity contribution in [1.29, 1.82) is 0 Å². The SMILES string of the molecule is Cl.O=C(NCCc1ccc2ccccc2c1)C1CC(F)(F)CN1. The van der Waals surface area contributed by atoms with Crippen LogP contribution in [0.2, 0.25) is 0 Å². The number of carbonyl (C=O) groups is 1. The number of rotatable bonds is 4. The summed E-state index contributed by atoms with van der Waals surface area (Å²) in [5.74, 6) is -3.13. The summed E-state index contributed by atoms with van der Waals surface area (Å²) in [4.78, 5) is 11.8. The van der Waals surface area contributed by atoms with Gasteiger partial charge < -0.3 is 5.32 Å². The molecule has 0 bridgehead atoms. The zero-order valence-electron chi connectivity index (χ0n) is 12.5. The molecule has 23 heavy (non-hydrogen) atoms. The highest BCUT2D eigenvalue weighted by molar-refractivity contribution is 5.85. The number of halogens is 3. The summed E-state index contributed by atoms with van der Waals surface area (Å²) >= 11 is 0. The molecule has 0 saturated carbocycles. The van der Waals surface area contributed by atoms with Gasteiger partial charge in [-0.05, 0) is 22.8 Å². The highest BCUT2D eigenvalue weighted by atomic mass is 35.5. The molecule has 0 aromatic heterocycles. The molecule has 0 radical (unpaired) electrons. The molecule has 3 nitrogen and oxygen atoms in total. The normalized spacial score (nSPS) is 19.3. The first-order chi connectivity index (χ1) is 10.5. The van der Waals surface area contributed by atoms with Crippen molar-refractivity contribution in [2.45, 2.75) is 24.8 Å². The Balaban J connectivity index is 0.00000192. The summed E-state index contributed by atoms with van der Waals surface area (Å²) in [6, 6.07) is 13.4. The van der Waals surface area contributed by atoms with Gasteiger partial charge in [0.1, 0.15) is 0 Å². The second-order valence-corrected chi connectivity index (χ2v) is 5.72. The third-order valence-electron chi connectivity index (χ3n) is 3.95. The minimum atomic E-state index is -2.78. The van der Waals surface area contributed by atoms with Gasteiger partial charge in [-0.1, -0.05) is 42.5 Å². The fraction of sp³-hybridized carbons (Fsp3) is 0.353. The number of hydrogen-bond acceptors (Lipinski definition) is 2. The van der Waals surface area contributed by atoms with E-state index in [1.54, 1.807) is 0 Å². The van der Waals surface area contributed by atoms with Gasteiger partial charge in [0.15, 0.2) is 0 Å². The third kappa shape index (κ3) is 4.39. The average Bonchev–Trinajstić information content (AvgIpc) is 2.87. The van der Waals surface area contributed by atoms with Crippen LogP contribution in [0.4, 0.5) is 8.78 Å². The van der Waals surface area contributed by atoms with Crippen molar-refractivity contribution in [3.05, 3.63) is 48.0 Å². The minimum absolute atomic E-state index is 0. The second kappa shape index (κ2) is 7.23. The van der Waals surface area contributed by atoms with Gasteiger partial charge >= 0.3 is 0 Å². The highest BCUT2D eigenvalue weighted by Crippen LogP contribution is 2.25. The van der Waals surface area contributed by atoms with Gasteiger partial charge in [0.2, 0.25) is 5.91 Å². The first kappa shape index (κ1) is 17.6. The van der Waals surface area contributed by atoms with E-state index in [-0.39, 0.29) is 18.3 Å². The smallest absolute Gasteiger partial charge is 0.262 e. The van der Waals surface area contributed by atoms with Crippen LogP contribution in [0.3, 0.4) is 0 Å². The predicted molar refractivity (Wildman–Crippen MR) is 89.3 cm³/mol. The number of nitrogens with one attached hydrogen (secondary N) is 2. The van der Waals surface area contributed by atoms with Crippen LogP contribution in [0.25, 0.3) is 10.8 Å². The number of benzene rings is 2. The van der Waals surface area contributed by atoms with Gasteiger partial charge in [-0.15, -0.1) is 12.4 Å². The second-order valence-electron chi connectivity index (χ2n) is 5.72. The largest absolute Gasteiger partial charge is 0.354 e. The van der Waals surface area contributed by atoms with Crippen molar-refractivity contribution >= 4 is 29.1 Å². The standard InChI is InChI=1S/C17H18F2N2O.ClH/c18-17(19)10-15(21-11-17)16(22)20-8-7-12-5-6-13-3-1-2-4-14(13)9-12;/h1-6,9,15,21H,7-8,10-11H2,(H,20,22);1H. The van der Waals surface area contributed by atoms with Gasteiger partial charge in [-0.2, -0.15) is 0 Å². The first-order valence-corrected chi connectivity index (χ1v) is 7.40. The van der Waals surface area contributed by atoms with Crippen LogP contribution in [-0.4, -0.2) is 31.0 Å². The molecule has 1 aliphatic rings. The Morgan fingerprint density at radius 3 is 2.65 bits per heavy atom. The molecule has 3 rings (SSSR count). The summed E-state index contributed by atoms with van der Waals surface area (Å²) in [5, 5.41) is 7.61. The van der Waals surface area contributed by atoms with Crippen LogP contribution < -0.4 is 10.6 Å². The van der Waals surface area contributed by atoms with Gasteiger partial charge in [0.25, 0.3) is 5.92 Å². The summed E-state index contributed by atoms with van der Waals surface area (Å²) < 4.78 is 26.1. The summed E-state index contributed by atoms with van der Waals surface area (Å²) in [6.07, 6.45) is 0.258. The molecule has 2 N–H and O–H groups in total. The molecule has 1 amide bonds. The Morgan fingerprint density at radius 2 is 1.96 bits per heavy atom. The van der Waals surface area contributed by atoms with Crippen LogP contribution in [-0.2, 0) is 11.2 Å². The third-order valence-corrected chi connectivity index (χ3v) is 3.95. The zero-order chi connectivity index (χ0) is 15.6. The molecule has 2 aromatic carbocycles. The predicted octanol–water partition coefficient (Wildman–Crippen LogP) is 2.92. The summed E-state index contributed by atoms with van der Waals surface area (Å²) in [6.45, 7) is 0.0245. The number of hydrogen-bond donors (Lipinski definition) is 2. The Labute approximate surface area is 139 Å². The van der Waals surface area contributed by atoms with Crippen LogP contribution in [0.5, 0.6) is 0 Å². The molecule has 6 heteroatoms. The molecule has 1 atom stereocenters. The van der Waals surface area contributed by atoms with E-state index in [0.29, 0.717) is 13.0 Å². The topological polar surface area (TPSA) is 41.1 Å². The maximum absolute atomic E-state index is 13.0. The summed E-state index contributed by atoms with van der Waals surface area (Å²) in [5.41, 5.74) is 1.11. The maximum Gasteiger partial charge on any atom is 0.262 e. The Kier molecular flexibility index (Phi) is 5.55. The van der Waals surface area contributed by atoms with Crippen LogP contribution in [0.1, 0.15) is 12.0 Å². The van der Waals surface area contributed by atoms with Gasteiger partial charge in [0, 0.05) is 13.0 Å². The molecule has 1 fully saturated rings. The molecule has 1 unspecified atom stereocenters. The Morgan fingerprint density at radius 1 is 1.22 bits per heavy atom. The Hall–Kier alpha value is -1.72. The molecule has 1 aliphatic heterocycles. The minimum Gasteiger partial charge on any atom is -0.354 e. The van der Waals surface area contributed by atoms with Crippen molar-refractivity contribution in [3.8, 4) is 0 Å². The van der Waals surface area contributed by atoms with E-state index in [1.807, 2.05) is 36.4 Å². The van der Waals surface area contributed by atoms with E-state index >= 15 is 0 Å². The lowest BCUT2D eigenvalue weighted by atomic mass is 10.1. The van der Waals surface area contributed by atoms with E-state index < -0.39 is 24.9 Å². The van der Waals surface area contributed by atoms with E-state index in [9.17, 15) is 13.6 Å². The van der Waals surface area contributed by atoms with Gasteiger partial charge in [-0.25, -0.2) is 8.78 Å². The van der Waals surface area contributed by atoms with Crippen molar-refractivity contribution in [3.63, 3.8) is 0 Å². The number of amides is 1. The summed E-state index contributed by atoms with van der Waals surface area (Å²) in [7, 11) is 0. The lowest BCUT2D eigenvalue weighted by Crippen LogP contribution is -2.41. The maximum atomic E-state index is 13.0. The molecule has 0 aliphatic carbocycles. The van der Waals surface area contributed by atoms with Gasteiger partial charge in [0.05, 0.1) is 12.6 Å². The van der Waals surface area contributed by atoms with Crippen molar-refractivity contribution in [2.75, 3.05) is 13.1 Å². The Bertz CT molecular complexity index is 693. The number of alkyl halides is 2. The number of carbonyl (C=O) groups excluding carboxylic acids is 1. The molecule has 1 heterocycles. The quantitative estimate of drug-likeness (QED) is 0.898. The van der Waals surface area contributed by atoms with Crippen LogP contribution in [0.15, 0.2) is 42.5 Å². The highest BCUT2D eigenvalue weighted by Gasteiger charge is 2.42. The fourth-order valence-corrected chi connectivity index (χ4v) is 2.75. The average molecular weight is 341 g/mol. The van der Waals surface area contributed by atoms with Gasteiger partial charge in [-0.3, -0.25) is 10.1 Å². The molecule has 0 spiro atoms. The fourth-order valence-electron chi connectivity index (χ4n) is 2.75. The molecule has 2 aromatic rings. The van der Waals surface area contributed by atoms with Crippen LogP contribution in [0, 0.1) is 0 Å². The van der Waals surface area contributed by atoms with Crippen molar-refractivity contribution in [2.24, 2.45) is 0 Å². The lowest BCUT2D eigenvalue weighted by Gasteiger charge is -2.11. The zero-order valence-corrected chi connectivity index (χ0v) is 13.3. The molecule has 124 valence electrons. The van der Waals surface area contributed by atoms with E-state index in [1.165, 1.54) is 5.39 Å². The first-order valence-electron chi connectivity index (χ1n) is 7.40. The van der Waals surface area contributed by atoms with E-state index in [4.69, 9.17) is 0 Å². The van der Waals surface area contributed by atoms with Crippen molar-refractivity contribution in [1.82, 2.24) is 10.6 Å². The van der Waals surface area contributed by atoms with Crippen molar-refractivity contribution < 1.29 is 13.6 Å². The molecular weight excluding hydrogens is 322 g/mol.